The largest absolute Gasteiger partial charge is 0.495 e. The van der Waals surface area contributed by atoms with Crippen molar-refractivity contribution < 1.29 is 23.1 Å². The minimum atomic E-state index is -3.74. The van der Waals surface area contributed by atoms with Gasteiger partial charge >= 0.3 is 5.97 Å². The summed E-state index contributed by atoms with van der Waals surface area (Å²) in [5.74, 6) is -1.22. The summed E-state index contributed by atoms with van der Waals surface area (Å²) in [4.78, 5) is 11.4. The van der Waals surface area contributed by atoms with Gasteiger partial charge in [0.05, 0.1) is 13.0 Å². The SMILES string of the molecule is COc1ccc(C)cc1S(=O)(=O)NC[C@@H]1CCCC[C@@H]1C(=O)O. The fourth-order valence-corrected chi connectivity index (χ4v) is 4.41. The van der Waals surface area contributed by atoms with Gasteiger partial charge in [-0.05, 0) is 43.4 Å². The van der Waals surface area contributed by atoms with Gasteiger partial charge in [-0.3, -0.25) is 4.79 Å². The van der Waals surface area contributed by atoms with Crippen molar-refractivity contribution in [3.05, 3.63) is 23.8 Å². The number of ether oxygens (including phenoxy) is 1. The third kappa shape index (κ3) is 4.23. The Labute approximate surface area is 136 Å². The molecule has 1 fully saturated rings. The van der Waals surface area contributed by atoms with E-state index in [2.05, 4.69) is 4.72 Å². The number of sulfonamides is 1. The van der Waals surface area contributed by atoms with Gasteiger partial charge in [-0.25, -0.2) is 13.1 Å². The first-order chi connectivity index (χ1) is 10.8. The number of nitrogens with one attached hydrogen (secondary N) is 1. The number of hydrogen-bond donors (Lipinski definition) is 2. The molecule has 2 rings (SSSR count). The van der Waals surface area contributed by atoms with E-state index in [9.17, 15) is 18.3 Å². The van der Waals surface area contributed by atoms with Crippen LogP contribution in [-0.2, 0) is 14.8 Å². The smallest absolute Gasteiger partial charge is 0.306 e. The van der Waals surface area contributed by atoms with E-state index in [1.807, 2.05) is 0 Å². The molecule has 1 aliphatic rings. The summed E-state index contributed by atoms with van der Waals surface area (Å²) in [6.07, 6.45) is 3.15. The number of carbonyl (C=O) groups is 1. The molecule has 1 saturated carbocycles. The molecule has 128 valence electrons. The summed E-state index contributed by atoms with van der Waals surface area (Å²) in [5, 5.41) is 9.28. The van der Waals surface area contributed by atoms with Gasteiger partial charge in [0.1, 0.15) is 10.6 Å². The third-order valence-corrected chi connectivity index (χ3v) is 5.82. The number of aliphatic carboxylic acids is 1. The summed E-state index contributed by atoms with van der Waals surface area (Å²) in [5.41, 5.74) is 0.812. The first kappa shape index (κ1) is 17.7. The van der Waals surface area contributed by atoms with Crippen LogP contribution < -0.4 is 9.46 Å². The molecule has 0 spiro atoms. The minimum absolute atomic E-state index is 0.0858. The van der Waals surface area contributed by atoms with E-state index in [1.165, 1.54) is 7.11 Å². The molecule has 7 heteroatoms. The molecule has 0 unspecified atom stereocenters. The lowest BCUT2D eigenvalue weighted by molar-refractivity contribution is -0.144. The molecule has 1 aromatic carbocycles. The summed E-state index contributed by atoms with van der Waals surface area (Å²) < 4.78 is 32.8. The third-order valence-electron chi connectivity index (χ3n) is 4.37. The monoisotopic (exact) mass is 341 g/mol. The van der Waals surface area contributed by atoms with Crippen LogP contribution >= 0.6 is 0 Å². The van der Waals surface area contributed by atoms with Crippen LogP contribution in [-0.4, -0.2) is 33.1 Å². The maximum absolute atomic E-state index is 12.5. The van der Waals surface area contributed by atoms with E-state index in [0.717, 1.165) is 24.8 Å². The minimum Gasteiger partial charge on any atom is -0.495 e. The second kappa shape index (κ2) is 7.31. The van der Waals surface area contributed by atoms with E-state index in [-0.39, 0.29) is 23.1 Å². The van der Waals surface area contributed by atoms with Crippen molar-refractivity contribution in [3.8, 4) is 5.75 Å². The maximum atomic E-state index is 12.5. The molecule has 0 heterocycles. The van der Waals surface area contributed by atoms with E-state index >= 15 is 0 Å². The predicted octanol–water partition coefficient (Wildman–Crippen LogP) is 2.17. The van der Waals surface area contributed by atoms with Crippen LogP contribution in [0.25, 0.3) is 0 Å². The lowest BCUT2D eigenvalue weighted by Crippen LogP contribution is -2.37. The quantitative estimate of drug-likeness (QED) is 0.827. The van der Waals surface area contributed by atoms with E-state index in [4.69, 9.17) is 4.74 Å². The molecule has 1 aliphatic carbocycles. The lowest BCUT2D eigenvalue weighted by atomic mass is 9.79. The first-order valence-electron chi connectivity index (χ1n) is 7.72. The highest BCUT2D eigenvalue weighted by molar-refractivity contribution is 7.89. The van der Waals surface area contributed by atoms with Gasteiger partial charge in [0, 0.05) is 6.54 Å². The van der Waals surface area contributed by atoms with Crippen LogP contribution in [0, 0.1) is 18.8 Å². The molecular weight excluding hydrogens is 318 g/mol. The van der Waals surface area contributed by atoms with E-state index < -0.39 is 21.9 Å². The van der Waals surface area contributed by atoms with Gasteiger partial charge in [-0.1, -0.05) is 18.9 Å². The number of hydrogen-bond acceptors (Lipinski definition) is 4. The molecule has 2 N–H and O–H groups in total. The summed E-state index contributed by atoms with van der Waals surface area (Å²) >= 11 is 0. The highest BCUT2D eigenvalue weighted by Gasteiger charge is 2.32. The number of aryl methyl sites for hydroxylation is 1. The van der Waals surface area contributed by atoms with Crippen LogP contribution in [0.1, 0.15) is 31.2 Å². The Kier molecular flexibility index (Phi) is 5.64. The first-order valence-corrected chi connectivity index (χ1v) is 9.20. The average Bonchev–Trinajstić information content (AvgIpc) is 2.53. The van der Waals surface area contributed by atoms with E-state index in [1.54, 1.807) is 25.1 Å². The number of rotatable bonds is 6. The topological polar surface area (TPSA) is 92.7 Å². The zero-order valence-electron chi connectivity index (χ0n) is 13.4. The van der Waals surface area contributed by atoms with Crippen LogP contribution in [0.15, 0.2) is 23.1 Å². The zero-order valence-corrected chi connectivity index (χ0v) is 14.2. The second-order valence-corrected chi connectivity index (χ2v) is 7.73. The molecule has 23 heavy (non-hydrogen) atoms. The Morgan fingerprint density at radius 3 is 2.70 bits per heavy atom. The Hall–Kier alpha value is -1.60. The Morgan fingerprint density at radius 2 is 2.04 bits per heavy atom. The Balaban J connectivity index is 2.15. The lowest BCUT2D eigenvalue weighted by Gasteiger charge is -2.28. The molecule has 1 aromatic rings. The van der Waals surface area contributed by atoms with Crippen molar-refractivity contribution in [2.75, 3.05) is 13.7 Å². The Morgan fingerprint density at radius 1 is 1.35 bits per heavy atom. The molecule has 6 nitrogen and oxygen atoms in total. The molecule has 0 radical (unpaired) electrons. The van der Waals surface area contributed by atoms with Gasteiger partial charge in [-0.2, -0.15) is 0 Å². The van der Waals surface area contributed by atoms with Gasteiger partial charge < -0.3 is 9.84 Å². The van der Waals surface area contributed by atoms with E-state index in [0.29, 0.717) is 6.42 Å². The summed E-state index contributed by atoms with van der Waals surface area (Å²) in [6.45, 7) is 1.94. The molecular formula is C16H23NO5S. The van der Waals surface area contributed by atoms with Gasteiger partial charge in [0.2, 0.25) is 10.0 Å². The molecule has 0 saturated heterocycles. The zero-order chi connectivity index (χ0) is 17.0. The van der Waals surface area contributed by atoms with Crippen molar-refractivity contribution in [2.45, 2.75) is 37.5 Å². The maximum Gasteiger partial charge on any atom is 0.306 e. The average molecular weight is 341 g/mol. The van der Waals surface area contributed by atoms with Gasteiger partial charge in [0.25, 0.3) is 0 Å². The molecule has 0 amide bonds. The number of carboxylic acids is 1. The van der Waals surface area contributed by atoms with Crippen LogP contribution in [0.2, 0.25) is 0 Å². The fraction of sp³-hybridized carbons (Fsp3) is 0.562. The fourth-order valence-electron chi connectivity index (χ4n) is 3.07. The number of carboxylic acid groups (broad SMARTS) is 1. The number of methoxy groups -OCH3 is 1. The summed E-state index contributed by atoms with van der Waals surface area (Å²) in [7, 11) is -2.32. The standard InChI is InChI=1S/C16H23NO5S/c1-11-7-8-14(22-2)15(9-11)23(20,21)17-10-12-5-3-4-6-13(12)16(18)19/h7-9,12-13,17H,3-6,10H2,1-2H3,(H,18,19)/t12-,13-/m0/s1. The molecule has 0 aromatic heterocycles. The van der Waals surface area contributed by atoms with Crippen LogP contribution in [0.4, 0.5) is 0 Å². The molecule has 2 atom stereocenters. The molecule has 0 bridgehead atoms. The number of benzene rings is 1. The second-order valence-electron chi connectivity index (χ2n) is 6.00. The summed E-state index contributed by atoms with van der Waals surface area (Å²) in [6, 6.07) is 4.95. The van der Waals surface area contributed by atoms with Crippen LogP contribution in [0.3, 0.4) is 0 Å². The van der Waals surface area contributed by atoms with Crippen molar-refractivity contribution in [1.82, 2.24) is 4.72 Å². The highest BCUT2D eigenvalue weighted by Crippen LogP contribution is 2.31. The van der Waals surface area contributed by atoms with Crippen molar-refractivity contribution in [3.63, 3.8) is 0 Å². The van der Waals surface area contributed by atoms with Gasteiger partial charge in [-0.15, -0.1) is 0 Å². The van der Waals surface area contributed by atoms with Gasteiger partial charge in [0.15, 0.2) is 0 Å². The van der Waals surface area contributed by atoms with Crippen molar-refractivity contribution in [1.29, 1.82) is 0 Å². The molecule has 0 aliphatic heterocycles. The predicted molar refractivity (Wildman–Crippen MR) is 86.0 cm³/mol. The Bertz CT molecular complexity index is 671. The van der Waals surface area contributed by atoms with Crippen molar-refractivity contribution in [2.24, 2.45) is 11.8 Å². The highest BCUT2D eigenvalue weighted by atomic mass is 32.2. The normalized spacial score (nSPS) is 21.8. The van der Waals surface area contributed by atoms with Crippen LogP contribution in [0.5, 0.6) is 5.75 Å². The van der Waals surface area contributed by atoms with Crippen molar-refractivity contribution >= 4 is 16.0 Å².